The van der Waals surface area contributed by atoms with E-state index in [1.807, 2.05) is 32.0 Å². The third-order valence-electron chi connectivity index (χ3n) is 2.55. The normalized spacial score (nSPS) is 10.8. The van der Waals surface area contributed by atoms with E-state index in [1.165, 1.54) is 0 Å². The summed E-state index contributed by atoms with van der Waals surface area (Å²) < 4.78 is 0. The minimum absolute atomic E-state index is 0.198. The number of halogens is 1. The Morgan fingerprint density at radius 3 is 2.71 bits per heavy atom. The molecular formula is C13H13ClN2O. The first-order valence-electron chi connectivity index (χ1n) is 5.43. The summed E-state index contributed by atoms with van der Waals surface area (Å²) in [4.78, 5) is 11.7. The molecule has 1 N–H and O–H groups in total. The van der Waals surface area contributed by atoms with E-state index in [-0.39, 0.29) is 11.5 Å². The first kappa shape index (κ1) is 11.9. The molecule has 4 heteroatoms. The van der Waals surface area contributed by atoms with E-state index >= 15 is 0 Å². The molecule has 1 aromatic heterocycles. The van der Waals surface area contributed by atoms with Gasteiger partial charge in [0.25, 0.3) is 5.56 Å². The smallest absolute Gasteiger partial charge is 0.267 e. The summed E-state index contributed by atoms with van der Waals surface area (Å²) in [6.07, 6.45) is 0. The highest BCUT2D eigenvalue weighted by atomic mass is 35.5. The van der Waals surface area contributed by atoms with Crippen LogP contribution in [-0.2, 0) is 0 Å². The van der Waals surface area contributed by atoms with Crippen LogP contribution >= 0.6 is 11.6 Å². The second-order valence-corrected chi connectivity index (χ2v) is 4.64. The number of rotatable bonds is 2. The van der Waals surface area contributed by atoms with Crippen molar-refractivity contribution < 1.29 is 0 Å². The summed E-state index contributed by atoms with van der Waals surface area (Å²) in [7, 11) is 0. The lowest BCUT2D eigenvalue weighted by Crippen LogP contribution is -2.13. The van der Waals surface area contributed by atoms with E-state index < -0.39 is 0 Å². The van der Waals surface area contributed by atoms with Crippen molar-refractivity contribution in [1.82, 2.24) is 10.2 Å². The van der Waals surface area contributed by atoms with Gasteiger partial charge in [0.1, 0.15) is 0 Å². The van der Waals surface area contributed by atoms with Crippen molar-refractivity contribution in [3.8, 4) is 11.1 Å². The topological polar surface area (TPSA) is 45.8 Å². The zero-order valence-electron chi connectivity index (χ0n) is 9.70. The summed E-state index contributed by atoms with van der Waals surface area (Å²) in [5.74, 6) is 0.268. The Balaban J connectivity index is 2.58. The molecule has 0 spiro atoms. The van der Waals surface area contributed by atoms with Crippen molar-refractivity contribution in [3.63, 3.8) is 0 Å². The minimum Gasteiger partial charge on any atom is -0.267 e. The number of hydrogen-bond acceptors (Lipinski definition) is 2. The maximum Gasteiger partial charge on any atom is 0.272 e. The van der Waals surface area contributed by atoms with Crippen LogP contribution in [0.1, 0.15) is 25.5 Å². The number of nitrogens with one attached hydrogen (secondary N) is 1. The maximum atomic E-state index is 11.7. The van der Waals surface area contributed by atoms with Gasteiger partial charge >= 0.3 is 0 Å². The van der Waals surface area contributed by atoms with Gasteiger partial charge in [-0.05, 0) is 29.7 Å². The SMILES string of the molecule is CC(C)c1cc(-c2cccc(Cl)c2)c(=O)[nH]n1. The molecule has 0 aliphatic rings. The highest BCUT2D eigenvalue weighted by Crippen LogP contribution is 2.21. The van der Waals surface area contributed by atoms with E-state index in [1.54, 1.807) is 12.1 Å². The van der Waals surface area contributed by atoms with Gasteiger partial charge in [0.05, 0.1) is 11.3 Å². The molecular weight excluding hydrogens is 236 g/mol. The number of aromatic amines is 1. The largest absolute Gasteiger partial charge is 0.272 e. The molecule has 17 heavy (non-hydrogen) atoms. The van der Waals surface area contributed by atoms with Crippen LogP contribution in [0.4, 0.5) is 0 Å². The maximum absolute atomic E-state index is 11.7. The molecule has 0 saturated carbocycles. The number of aromatic nitrogens is 2. The second-order valence-electron chi connectivity index (χ2n) is 4.20. The fraction of sp³-hybridized carbons (Fsp3) is 0.231. The summed E-state index contributed by atoms with van der Waals surface area (Å²) in [5, 5.41) is 7.15. The van der Waals surface area contributed by atoms with Gasteiger partial charge in [0.15, 0.2) is 0 Å². The summed E-state index contributed by atoms with van der Waals surface area (Å²) >= 11 is 5.92. The van der Waals surface area contributed by atoms with Crippen LogP contribution in [0.25, 0.3) is 11.1 Å². The van der Waals surface area contributed by atoms with Crippen molar-refractivity contribution in [2.75, 3.05) is 0 Å². The van der Waals surface area contributed by atoms with Gasteiger partial charge in [-0.25, -0.2) is 5.10 Å². The van der Waals surface area contributed by atoms with Gasteiger partial charge in [-0.3, -0.25) is 4.79 Å². The van der Waals surface area contributed by atoms with Crippen molar-refractivity contribution in [2.45, 2.75) is 19.8 Å². The van der Waals surface area contributed by atoms with E-state index in [0.29, 0.717) is 10.6 Å². The predicted octanol–water partition coefficient (Wildman–Crippen LogP) is 3.21. The summed E-state index contributed by atoms with van der Waals surface area (Å²) in [6.45, 7) is 4.06. The van der Waals surface area contributed by atoms with E-state index in [0.717, 1.165) is 11.3 Å². The lowest BCUT2D eigenvalue weighted by Gasteiger charge is -2.06. The highest BCUT2D eigenvalue weighted by Gasteiger charge is 2.08. The zero-order valence-corrected chi connectivity index (χ0v) is 10.5. The first-order chi connectivity index (χ1) is 8.08. The molecule has 0 radical (unpaired) electrons. The molecule has 2 aromatic rings. The average molecular weight is 249 g/mol. The van der Waals surface area contributed by atoms with Gasteiger partial charge in [-0.2, -0.15) is 5.10 Å². The summed E-state index contributed by atoms with van der Waals surface area (Å²) in [5.41, 5.74) is 2.07. The Bertz CT molecular complexity index is 590. The lowest BCUT2D eigenvalue weighted by atomic mass is 10.0. The first-order valence-corrected chi connectivity index (χ1v) is 5.81. The van der Waals surface area contributed by atoms with Crippen molar-refractivity contribution >= 4 is 11.6 Å². The molecule has 1 heterocycles. The minimum atomic E-state index is -0.198. The molecule has 0 fully saturated rings. The molecule has 0 bridgehead atoms. The fourth-order valence-electron chi connectivity index (χ4n) is 1.59. The van der Waals surface area contributed by atoms with Gasteiger partial charge in [0.2, 0.25) is 0 Å². The van der Waals surface area contributed by atoms with Gasteiger partial charge in [0, 0.05) is 5.02 Å². The average Bonchev–Trinajstić information content (AvgIpc) is 2.29. The molecule has 1 aromatic carbocycles. The molecule has 0 aliphatic carbocycles. The van der Waals surface area contributed by atoms with Crippen molar-refractivity contribution in [2.24, 2.45) is 0 Å². The Labute approximate surface area is 104 Å². The molecule has 0 aliphatic heterocycles. The lowest BCUT2D eigenvalue weighted by molar-refractivity contribution is 0.778. The van der Waals surface area contributed by atoms with Gasteiger partial charge < -0.3 is 0 Å². The quantitative estimate of drug-likeness (QED) is 0.887. The van der Waals surface area contributed by atoms with Crippen molar-refractivity contribution in [3.05, 3.63) is 51.4 Å². The molecule has 3 nitrogen and oxygen atoms in total. The molecule has 0 amide bonds. The number of benzene rings is 1. The Hall–Kier alpha value is -1.61. The van der Waals surface area contributed by atoms with E-state index in [4.69, 9.17) is 11.6 Å². The second kappa shape index (κ2) is 4.72. The van der Waals surface area contributed by atoms with Gasteiger partial charge in [-0.1, -0.05) is 37.6 Å². The Morgan fingerprint density at radius 1 is 1.29 bits per heavy atom. The Morgan fingerprint density at radius 2 is 2.06 bits per heavy atom. The Kier molecular flexibility index (Phi) is 3.29. The van der Waals surface area contributed by atoms with E-state index in [2.05, 4.69) is 10.2 Å². The highest BCUT2D eigenvalue weighted by molar-refractivity contribution is 6.30. The van der Waals surface area contributed by atoms with Crippen LogP contribution in [-0.4, -0.2) is 10.2 Å². The zero-order chi connectivity index (χ0) is 12.4. The molecule has 0 saturated heterocycles. The van der Waals surface area contributed by atoms with Crippen LogP contribution in [0.15, 0.2) is 35.1 Å². The van der Waals surface area contributed by atoms with Crippen LogP contribution in [0.5, 0.6) is 0 Å². The third-order valence-corrected chi connectivity index (χ3v) is 2.79. The molecule has 0 unspecified atom stereocenters. The predicted molar refractivity (Wildman–Crippen MR) is 69.4 cm³/mol. The van der Waals surface area contributed by atoms with Crippen molar-refractivity contribution in [1.29, 1.82) is 0 Å². The monoisotopic (exact) mass is 248 g/mol. The van der Waals surface area contributed by atoms with E-state index in [9.17, 15) is 4.79 Å². The van der Waals surface area contributed by atoms with Crippen LogP contribution in [0.2, 0.25) is 5.02 Å². The third kappa shape index (κ3) is 2.56. The number of nitrogens with zero attached hydrogens (tertiary/aromatic N) is 1. The summed E-state index contributed by atoms with van der Waals surface area (Å²) in [6, 6.07) is 9.06. The van der Waals surface area contributed by atoms with Crippen LogP contribution in [0, 0.1) is 0 Å². The molecule has 88 valence electrons. The number of hydrogen-bond donors (Lipinski definition) is 1. The van der Waals surface area contributed by atoms with Crippen LogP contribution in [0.3, 0.4) is 0 Å². The fourth-order valence-corrected chi connectivity index (χ4v) is 1.78. The molecule has 0 atom stereocenters. The molecule has 2 rings (SSSR count). The number of H-pyrrole nitrogens is 1. The standard InChI is InChI=1S/C13H13ClN2O/c1-8(2)12-7-11(13(17)16-15-12)9-4-3-5-10(14)6-9/h3-8H,1-2H3,(H,16,17). The van der Waals surface area contributed by atoms with Crippen LogP contribution < -0.4 is 5.56 Å². The van der Waals surface area contributed by atoms with Gasteiger partial charge in [-0.15, -0.1) is 0 Å².